The van der Waals surface area contributed by atoms with Gasteiger partial charge in [0.05, 0.1) is 12.7 Å². The van der Waals surface area contributed by atoms with Crippen LogP contribution in [0.15, 0.2) is 59.4 Å². The average molecular weight is 335 g/mol. The number of ether oxygens (including phenoxy) is 1. The Kier molecular flexibility index (Phi) is 4.48. The summed E-state index contributed by atoms with van der Waals surface area (Å²) < 4.78 is 6.69. The number of carbonyl (C=O) groups excluding carboxylic acids is 1. The van der Waals surface area contributed by atoms with Gasteiger partial charge in [-0.2, -0.15) is 0 Å². The Hall–Kier alpha value is -3.21. The van der Waals surface area contributed by atoms with Crippen LogP contribution in [-0.4, -0.2) is 18.1 Å². The SMILES string of the molecule is COC(=O)c1ccc(-[n+]2c(C)[nH]c(=O)c(-c3ccccc3)c2C)cc1. The highest BCUT2D eigenvalue weighted by Crippen LogP contribution is 2.18. The molecule has 0 spiro atoms. The van der Waals surface area contributed by atoms with Crippen LogP contribution in [0.1, 0.15) is 21.9 Å². The van der Waals surface area contributed by atoms with Gasteiger partial charge in [0.2, 0.25) is 0 Å². The molecule has 0 saturated carbocycles. The summed E-state index contributed by atoms with van der Waals surface area (Å²) in [5, 5.41) is 0. The Balaban J connectivity index is 2.17. The highest BCUT2D eigenvalue weighted by atomic mass is 16.5. The molecule has 0 aliphatic heterocycles. The van der Waals surface area contributed by atoms with Crippen molar-refractivity contribution in [3.05, 3.63) is 82.0 Å². The molecule has 0 saturated heterocycles. The number of benzene rings is 2. The lowest BCUT2D eigenvalue weighted by molar-refractivity contribution is -0.612. The third kappa shape index (κ3) is 3.08. The zero-order chi connectivity index (χ0) is 18.0. The smallest absolute Gasteiger partial charge is 0.343 e. The first kappa shape index (κ1) is 16.6. The van der Waals surface area contributed by atoms with Crippen LogP contribution in [0.3, 0.4) is 0 Å². The van der Waals surface area contributed by atoms with Gasteiger partial charge in [0.25, 0.3) is 5.82 Å². The molecule has 0 amide bonds. The average Bonchev–Trinajstić information content (AvgIpc) is 2.62. The maximum absolute atomic E-state index is 12.5. The van der Waals surface area contributed by atoms with Crippen LogP contribution in [0.25, 0.3) is 16.8 Å². The molecule has 0 aliphatic carbocycles. The first-order valence-corrected chi connectivity index (χ1v) is 7.92. The number of rotatable bonds is 3. The van der Waals surface area contributed by atoms with E-state index >= 15 is 0 Å². The van der Waals surface area contributed by atoms with Crippen molar-refractivity contribution >= 4 is 5.97 Å². The van der Waals surface area contributed by atoms with E-state index in [1.54, 1.807) is 12.1 Å². The Morgan fingerprint density at radius 2 is 1.64 bits per heavy atom. The van der Waals surface area contributed by atoms with Crippen molar-refractivity contribution in [2.24, 2.45) is 0 Å². The van der Waals surface area contributed by atoms with Crippen molar-refractivity contribution in [2.75, 3.05) is 7.11 Å². The van der Waals surface area contributed by atoms with Crippen LogP contribution in [0.5, 0.6) is 0 Å². The predicted molar refractivity (Wildman–Crippen MR) is 94.8 cm³/mol. The highest BCUT2D eigenvalue weighted by molar-refractivity contribution is 5.89. The first-order valence-electron chi connectivity index (χ1n) is 7.92. The molecule has 0 aliphatic rings. The fourth-order valence-corrected chi connectivity index (χ4v) is 3.01. The van der Waals surface area contributed by atoms with Gasteiger partial charge in [-0.05, 0) is 36.8 Å². The monoisotopic (exact) mass is 335 g/mol. The van der Waals surface area contributed by atoms with Gasteiger partial charge < -0.3 is 4.74 Å². The van der Waals surface area contributed by atoms with E-state index in [1.165, 1.54) is 7.11 Å². The highest BCUT2D eigenvalue weighted by Gasteiger charge is 2.21. The summed E-state index contributed by atoms with van der Waals surface area (Å²) in [4.78, 5) is 27.0. The summed E-state index contributed by atoms with van der Waals surface area (Å²) in [5.41, 5.74) is 3.54. The molecular formula is C20H19N2O3+. The minimum Gasteiger partial charge on any atom is -0.465 e. The summed E-state index contributed by atoms with van der Waals surface area (Å²) in [6.07, 6.45) is 0. The van der Waals surface area contributed by atoms with Crippen molar-refractivity contribution in [2.45, 2.75) is 13.8 Å². The van der Waals surface area contributed by atoms with Gasteiger partial charge in [-0.3, -0.25) is 0 Å². The van der Waals surface area contributed by atoms with Crippen LogP contribution in [-0.2, 0) is 4.74 Å². The molecule has 0 fully saturated rings. The van der Waals surface area contributed by atoms with E-state index in [9.17, 15) is 9.59 Å². The molecule has 0 bridgehead atoms. The van der Waals surface area contributed by atoms with E-state index in [0.29, 0.717) is 17.0 Å². The predicted octanol–water partition coefficient (Wildman–Crippen LogP) is 2.72. The zero-order valence-corrected chi connectivity index (χ0v) is 14.4. The quantitative estimate of drug-likeness (QED) is 0.591. The summed E-state index contributed by atoms with van der Waals surface area (Å²) in [7, 11) is 1.35. The summed E-state index contributed by atoms with van der Waals surface area (Å²) in [6.45, 7) is 3.76. The van der Waals surface area contributed by atoms with Gasteiger partial charge in [0, 0.05) is 6.92 Å². The molecular weight excluding hydrogens is 316 g/mol. The van der Waals surface area contributed by atoms with Gasteiger partial charge >= 0.3 is 11.5 Å². The normalized spacial score (nSPS) is 10.5. The molecule has 25 heavy (non-hydrogen) atoms. The lowest BCUT2D eigenvalue weighted by atomic mass is 10.1. The summed E-state index contributed by atoms with van der Waals surface area (Å²) >= 11 is 0. The van der Waals surface area contributed by atoms with E-state index < -0.39 is 0 Å². The fraction of sp³-hybridized carbons (Fsp3) is 0.150. The second-order valence-electron chi connectivity index (χ2n) is 5.74. The number of nitrogens with one attached hydrogen (secondary N) is 1. The standard InChI is InChI=1S/C20H18N2O3/c1-13-18(15-7-5-4-6-8-15)19(23)21-14(2)22(13)17-11-9-16(10-12-17)20(24)25-3/h4-12H,1-3H3/p+1. The van der Waals surface area contributed by atoms with Gasteiger partial charge in [-0.15, -0.1) is 0 Å². The van der Waals surface area contributed by atoms with Crippen molar-refractivity contribution in [1.82, 2.24) is 4.98 Å². The molecule has 5 heteroatoms. The Morgan fingerprint density at radius 1 is 1.00 bits per heavy atom. The lowest BCUT2D eigenvalue weighted by Crippen LogP contribution is -2.42. The number of aryl methyl sites for hydroxylation is 1. The Labute approximate surface area is 145 Å². The van der Waals surface area contributed by atoms with Gasteiger partial charge in [-0.25, -0.2) is 19.1 Å². The van der Waals surface area contributed by atoms with E-state index in [2.05, 4.69) is 4.98 Å². The Bertz CT molecular complexity index is 974. The van der Waals surface area contributed by atoms with Gasteiger partial charge in [0.15, 0.2) is 0 Å². The number of aromatic amines is 1. The largest absolute Gasteiger partial charge is 0.465 e. The lowest BCUT2D eigenvalue weighted by Gasteiger charge is -2.10. The van der Waals surface area contributed by atoms with Crippen LogP contribution in [0.2, 0.25) is 0 Å². The van der Waals surface area contributed by atoms with Crippen molar-refractivity contribution < 1.29 is 14.1 Å². The number of hydrogen-bond donors (Lipinski definition) is 1. The zero-order valence-electron chi connectivity index (χ0n) is 14.4. The molecule has 0 atom stereocenters. The number of nitrogens with zero attached hydrogens (tertiary/aromatic N) is 1. The van der Waals surface area contributed by atoms with Crippen LogP contribution in [0, 0.1) is 13.8 Å². The van der Waals surface area contributed by atoms with Crippen molar-refractivity contribution in [1.29, 1.82) is 0 Å². The minimum atomic E-state index is -0.378. The second kappa shape index (κ2) is 6.73. The topological polar surface area (TPSA) is 63.0 Å². The summed E-state index contributed by atoms with van der Waals surface area (Å²) in [5.74, 6) is 0.337. The number of H-pyrrole nitrogens is 1. The number of carbonyl (C=O) groups is 1. The molecule has 0 unspecified atom stereocenters. The number of hydrogen-bond acceptors (Lipinski definition) is 3. The van der Waals surface area contributed by atoms with E-state index in [4.69, 9.17) is 4.74 Å². The maximum Gasteiger partial charge on any atom is 0.343 e. The van der Waals surface area contributed by atoms with E-state index in [1.807, 2.05) is 60.9 Å². The fourth-order valence-electron chi connectivity index (χ4n) is 3.01. The number of methoxy groups -OCH3 is 1. The van der Waals surface area contributed by atoms with Gasteiger partial charge in [0.1, 0.15) is 16.9 Å². The third-order valence-electron chi connectivity index (χ3n) is 4.16. The molecule has 2 aromatic carbocycles. The van der Waals surface area contributed by atoms with Crippen LogP contribution in [0.4, 0.5) is 0 Å². The minimum absolute atomic E-state index is 0.122. The number of esters is 1. The second-order valence-corrected chi connectivity index (χ2v) is 5.74. The molecule has 1 heterocycles. The van der Waals surface area contributed by atoms with Crippen molar-refractivity contribution in [3.63, 3.8) is 0 Å². The summed E-state index contributed by atoms with van der Waals surface area (Å²) in [6, 6.07) is 16.6. The van der Waals surface area contributed by atoms with Crippen LogP contribution >= 0.6 is 0 Å². The molecule has 3 aromatic rings. The van der Waals surface area contributed by atoms with E-state index in [0.717, 1.165) is 16.9 Å². The molecule has 1 N–H and O–H groups in total. The van der Waals surface area contributed by atoms with Crippen molar-refractivity contribution in [3.8, 4) is 16.8 Å². The molecule has 0 radical (unpaired) electrons. The molecule has 1 aromatic heterocycles. The first-order chi connectivity index (χ1) is 12.0. The van der Waals surface area contributed by atoms with E-state index in [-0.39, 0.29) is 11.5 Å². The molecule has 126 valence electrons. The molecule has 3 rings (SSSR count). The van der Waals surface area contributed by atoms with Crippen LogP contribution < -0.4 is 10.1 Å². The maximum atomic E-state index is 12.5. The van der Waals surface area contributed by atoms with Gasteiger partial charge in [-0.1, -0.05) is 30.3 Å². The Morgan fingerprint density at radius 3 is 2.24 bits per heavy atom. The number of aromatic nitrogens is 2. The third-order valence-corrected chi connectivity index (χ3v) is 4.16. The molecule has 5 nitrogen and oxygen atoms in total.